The summed E-state index contributed by atoms with van der Waals surface area (Å²) in [4.78, 5) is 0. The molecule has 0 aromatic rings. The van der Waals surface area contributed by atoms with Crippen LogP contribution in [0.2, 0.25) is 0 Å². The first-order chi connectivity index (χ1) is 22.0. The molecule has 0 aromatic heterocycles. The van der Waals surface area contributed by atoms with Crippen molar-refractivity contribution in [2.75, 3.05) is 13.2 Å². The van der Waals surface area contributed by atoms with Crippen molar-refractivity contribution in [3.05, 3.63) is 0 Å². The van der Waals surface area contributed by atoms with Crippen LogP contribution in [0.15, 0.2) is 0 Å². The van der Waals surface area contributed by atoms with Gasteiger partial charge >= 0.3 is 0 Å². The van der Waals surface area contributed by atoms with E-state index in [-0.39, 0.29) is 13.2 Å². The average Bonchev–Trinajstić information content (AvgIpc) is 3.39. The highest BCUT2D eigenvalue weighted by Gasteiger charge is 2.43. The molecule has 1 fully saturated rings. The summed E-state index contributed by atoms with van der Waals surface area (Å²) in [5, 5.41) is 21.8. The van der Waals surface area contributed by atoms with E-state index in [9.17, 15) is 10.2 Å². The first-order valence-corrected chi connectivity index (χ1v) is 20.1. The summed E-state index contributed by atoms with van der Waals surface area (Å²) in [7, 11) is 0. The molecule has 0 saturated carbocycles. The average molecular weight is 673 g/mol. The van der Waals surface area contributed by atoms with E-state index in [1.165, 1.54) is 141 Å². The number of unbranched alkanes of at least 4 members (excludes halogenated alkanes) is 24. The van der Waals surface area contributed by atoms with E-state index in [0.29, 0.717) is 16.5 Å². The Kier molecular flexibility index (Phi) is 29.4. The van der Waals surface area contributed by atoms with Crippen LogP contribution in [0.4, 0.5) is 0 Å². The molecule has 4 atom stereocenters. The molecule has 0 spiro atoms. The Morgan fingerprint density at radius 3 is 1.33 bits per heavy atom. The van der Waals surface area contributed by atoms with Crippen LogP contribution in [0.25, 0.3) is 0 Å². The minimum atomic E-state index is -0.911. The maximum atomic E-state index is 10.9. The molecule has 2 N–H and O–H groups in total. The maximum absolute atomic E-state index is 10.9. The van der Waals surface area contributed by atoms with Crippen molar-refractivity contribution in [1.82, 2.24) is 0 Å². The van der Waals surface area contributed by atoms with E-state index in [1.807, 2.05) is 0 Å². The Morgan fingerprint density at radius 2 is 0.956 bits per heavy atom. The normalized spacial score (nSPS) is 18.7. The predicted octanol–water partition coefficient (Wildman–Crippen LogP) is 11.1. The number of ether oxygens (including phenoxy) is 3. The maximum Gasteiger partial charge on any atom is 0.160 e. The second-order valence-corrected chi connectivity index (χ2v) is 14.4. The van der Waals surface area contributed by atoms with Gasteiger partial charge in [-0.2, -0.15) is 0 Å². The van der Waals surface area contributed by atoms with Crippen molar-refractivity contribution in [3.63, 3.8) is 0 Å². The monoisotopic (exact) mass is 672 g/mol. The summed E-state index contributed by atoms with van der Waals surface area (Å²) in [6.07, 6.45) is 32.7. The van der Waals surface area contributed by atoms with Crippen LogP contribution >= 0.6 is 24.4 Å². The third-order valence-electron chi connectivity index (χ3n) is 9.25. The lowest BCUT2D eigenvalue weighted by molar-refractivity contribution is -0.0615. The molecule has 0 aromatic carbocycles. The van der Waals surface area contributed by atoms with E-state index in [2.05, 4.69) is 13.8 Å². The van der Waals surface area contributed by atoms with Crippen molar-refractivity contribution in [2.45, 2.75) is 218 Å². The second kappa shape index (κ2) is 31.0. The van der Waals surface area contributed by atoms with Crippen LogP contribution in [0.1, 0.15) is 194 Å². The summed E-state index contributed by atoms with van der Waals surface area (Å²) in [5.41, 5.74) is 0. The van der Waals surface area contributed by atoms with E-state index < -0.39 is 24.4 Å². The number of aliphatic hydroxyl groups is 2. The fourth-order valence-electron chi connectivity index (χ4n) is 6.28. The number of aliphatic hydroxyl groups excluding tert-OH is 2. The molecule has 0 bridgehead atoms. The standard InChI is InChI=1S/C38H72O5S2/c1-3-5-7-9-11-13-15-17-19-21-23-25-27-29-35(44)42-33(31-39)38-37(40)34(32-41-38)43-36(45)30-28-26-24-22-20-18-16-14-12-10-8-6-4-2/h33-34,37-40H,3-32H2,1-2H3/t33-,34+,37+,38+/m0/s1. The highest BCUT2D eigenvalue weighted by Crippen LogP contribution is 2.24. The van der Waals surface area contributed by atoms with Gasteiger partial charge < -0.3 is 24.4 Å². The quantitative estimate of drug-likeness (QED) is 0.0544. The molecule has 1 heterocycles. The fourth-order valence-corrected chi connectivity index (χ4v) is 6.82. The van der Waals surface area contributed by atoms with Crippen molar-refractivity contribution < 1.29 is 24.4 Å². The Bertz CT molecular complexity index is 691. The molecule has 1 aliphatic rings. The molecule has 1 rings (SSSR count). The van der Waals surface area contributed by atoms with E-state index >= 15 is 0 Å². The summed E-state index contributed by atoms with van der Waals surface area (Å²) in [6, 6.07) is 0. The smallest absolute Gasteiger partial charge is 0.160 e. The number of thiocarbonyl (C=S) groups is 2. The molecule has 7 heteroatoms. The largest absolute Gasteiger partial charge is 0.479 e. The molecule has 1 saturated heterocycles. The molecular formula is C38H72O5S2. The summed E-state index contributed by atoms with van der Waals surface area (Å²) in [6.45, 7) is 4.51. The SMILES string of the molecule is CCCCCCCCCCCCCCCC(=S)O[C@@H](CO)[C@H]1OC[C@@H](OC(=S)CCCCCCCCCCCCCCC)[C@H]1O. The Balaban J connectivity index is 2.06. The summed E-state index contributed by atoms with van der Waals surface area (Å²) >= 11 is 10.9. The highest BCUT2D eigenvalue weighted by molar-refractivity contribution is 7.80. The first kappa shape index (κ1) is 42.7. The molecule has 5 nitrogen and oxygen atoms in total. The van der Waals surface area contributed by atoms with Crippen molar-refractivity contribution in [2.24, 2.45) is 0 Å². The topological polar surface area (TPSA) is 68.2 Å². The van der Waals surface area contributed by atoms with Gasteiger partial charge in [-0.25, -0.2) is 0 Å². The zero-order valence-corrected chi connectivity index (χ0v) is 31.1. The third kappa shape index (κ3) is 23.6. The van der Waals surface area contributed by atoms with Gasteiger partial charge in [-0.3, -0.25) is 0 Å². The van der Waals surface area contributed by atoms with Crippen LogP contribution in [-0.2, 0) is 14.2 Å². The fraction of sp³-hybridized carbons (Fsp3) is 0.947. The highest BCUT2D eigenvalue weighted by atomic mass is 32.1. The molecule has 266 valence electrons. The molecule has 1 aliphatic heterocycles. The molecule has 0 amide bonds. The first-order valence-electron chi connectivity index (χ1n) is 19.3. The molecule has 0 radical (unpaired) electrons. The lowest BCUT2D eigenvalue weighted by atomic mass is 10.0. The number of hydrogen-bond acceptors (Lipinski definition) is 7. The third-order valence-corrected chi connectivity index (χ3v) is 9.85. The second-order valence-electron chi connectivity index (χ2n) is 13.5. The van der Waals surface area contributed by atoms with Crippen molar-refractivity contribution in [1.29, 1.82) is 0 Å². The minimum Gasteiger partial charge on any atom is -0.479 e. The Labute approximate surface area is 289 Å². The predicted molar refractivity (Wildman–Crippen MR) is 198 cm³/mol. The van der Waals surface area contributed by atoms with Crippen LogP contribution < -0.4 is 0 Å². The molecule has 45 heavy (non-hydrogen) atoms. The van der Waals surface area contributed by atoms with Gasteiger partial charge in [0.1, 0.15) is 12.2 Å². The lowest BCUT2D eigenvalue weighted by Crippen LogP contribution is -2.43. The number of rotatable bonds is 32. The van der Waals surface area contributed by atoms with Crippen molar-refractivity contribution >= 4 is 34.5 Å². The lowest BCUT2D eigenvalue weighted by Gasteiger charge is -2.26. The van der Waals surface area contributed by atoms with E-state index in [1.54, 1.807) is 0 Å². The molecule has 0 aliphatic carbocycles. The van der Waals surface area contributed by atoms with Gasteiger partial charge in [0.05, 0.1) is 13.2 Å². The number of hydrogen-bond donors (Lipinski definition) is 2. The molecular weight excluding hydrogens is 601 g/mol. The Morgan fingerprint density at radius 1 is 0.600 bits per heavy atom. The molecule has 0 unspecified atom stereocenters. The van der Waals surface area contributed by atoms with Gasteiger partial charge in [0, 0.05) is 12.8 Å². The van der Waals surface area contributed by atoms with Gasteiger partial charge in [0.25, 0.3) is 0 Å². The van der Waals surface area contributed by atoms with Crippen molar-refractivity contribution in [3.8, 4) is 0 Å². The van der Waals surface area contributed by atoms with E-state index in [0.717, 1.165) is 32.1 Å². The van der Waals surface area contributed by atoms with Crippen LogP contribution in [0.5, 0.6) is 0 Å². The Hall–Kier alpha value is -0.340. The summed E-state index contributed by atoms with van der Waals surface area (Å²) in [5.74, 6) is 0. The van der Waals surface area contributed by atoms with Gasteiger partial charge in [-0.15, -0.1) is 0 Å². The van der Waals surface area contributed by atoms with Gasteiger partial charge in [-0.1, -0.05) is 168 Å². The van der Waals surface area contributed by atoms with Crippen LogP contribution in [0, 0.1) is 0 Å². The minimum absolute atomic E-state index is 0.232. The zero-order valence-electron chi connectivity index (χ0n) is 29.5. The summed E-state index contributed by atoms with van der Waals surface area (Å²) < 4.78 is 17.6. The van der Waals surface area contributed by atoms with Gasteiger partial charge in [-0.05, 0) is 37.3 Å². The van der Waals surface area contributed by atoms with Gasteiger partial charge in [0.2, 0.25) is 0 Å². The van der Waals surface area contributed by atoms with Crippen LogP contribution in [-0.4, -0.2) is 57.9 Å². The van der Waals surface area contributed by atoms with Gasteiger partial charge in [0.15, 0.2) is 22.3 Å². The van der Waals surface area contributed by atoms with Crippen LogP contribution in [0.3, 0.4) is 0 Å². The zero-order chi connectivity index (χ0) is 32.8. The van der Waals surface area contributed by atoms with E-state index in [4.69, 9.17) is 38.6 Å².